The summed E-state index contributed by atoms with van der Waals surface area (Å²) in [4.78, 5) is 31.1. The zero-order chi connectivity index (χ0) is 23.4. The molecule has 1 aliphatic carbocycles. The Morgan fingerprint density at radius 2 is 1.88 bits per heavy atom. The number of likely N-dealkylation sites (tertiary alicyclic amines) is 1. The lowest BCUT2D eigenvalue weighted by Crippen LogP contribution is -2.36. The fraction of sp³-hybridized carbons (Fsp3) is 0.464. The van der Waals surface area contributed by atoms with E-state index in [4.69, 9.17) is 10.1 Å². The third kappa shape index (κ3) is 3.22. The van der Waals surface area contributed by atoms with Crippen molar-refractivity contribution < 1.29 is 9.90 Å². The molecule has 1 aromatic heterocycles. The molecule has 6 nitrogen and oxygen atoms in total. The molecule has 176 valence electrons. The zero-order valence-corrected chi connectivity index (χ0v) is 19.7. The first-order valence-electron chi connectivity index (χ1n) is 12.6. The van der Waals surface area contributed by atoms with Crippen LogP contribution in [-0.4, -0.2) is 45.2 Å². The van der Waals surface area contributed by atoms with Gasteiger partial charge in [-0.2, -0.15) is 4.98 Å². The number of carboxylic acid groups (broad SMARTS) is 1. The molecule has 0 atom stereocenters. The van der Waals surface area contributed by atoms with Crippen molar-refractivity contribution in [3.63, 3.8) is 0 Å². The summed E-state index contributed by atoms with van der Waals surface area (Å²) in [7, 11) is 0. The summed E-state index contributed by atoms with van der Waals surface area (Å²) in [6.07, 6.45) is 7.55. The fourth-order valence-electron chi connectivity index (χ4n) is 6.77. The molecule has 3 heterocycles. The molecular weight excluding hydrogens is 426 g/mol. The van der Waals surface area contributed by atoms with Crippen LogP contribution >= 0.6 is 0 Å². The highest BCUT2D eigenvalue weighted by molar-refractivity contribution is 5.85. The Morgan fingerprint density at radius 3 is 2.62 bits per heavy atom. The Morgan fingerprint density at radius 1 is 1.12 bits per heavy atom. The second-order valence-electron chi connectivity index (χ2n) is 10.4. The van der Waals surface area contributed by atoms with E-state index in [9.17, 15) is 9.59 Å². The maximum Gasteiger partial charge on any atom is 0.317 e. The van der Waals surface area contributed by atoms with Crippen LogP contribution in [0.4, 0.5) is 0 Å². The number of benzene rings is 2. The van der Waals surface area contributed by atoms with Crippen LogP contribution in [0.3, 0.4) is 0 Å². The Hall–Kier alpha value is -2.99. The average molecular weight is 458 g/mol. The predicted octanol–water partition coefficient (Wildman–Crippen LogP) is 4.52. The molecule has 34 heavy (non-hydrogen) atoms. The molecule has 3 aromatic rings. The smallest absolute Gasteiger partial charge is 0.317 e. The van der Waals surface area contributed by atoms with Crippen molar-refractivity contribution in [3.8, 4) is 5.69 Å². The van der Waals surface area contributed by atoms with Crippen molar-refractivity contribution in [2.24, 2.45) is 0 Å². The number of hydrogen-bond donors (Lipinski definition) is 1. The Balaban J connectivity index is 1.47. The number of nitrogens with zero attached hydrogens (tertiary/aromatic N) is 3. The van der Waals surface area contributed by atoms with E-state index >= 15 is 0 Å². The molecule has 0 unspecified atom stereocenters. The van der Waals surface area contributed by atoms with Gasteiger partial charge in [0, 0.05) is 0 Å². The number of carbonyl (C=O) groups is 1. The van der Waals surface area contributed by atoms with Crippen LogP contribution in [0.5, 0.6) is 0 Å². The number of hydrogen-bond acceptors (Lipinski definition) is 4. The predicted molar refractivity (Wildman–Crippen MR) is 132 cm³/mol. The van der Waals surface area contributed by atoms with Crippen LogP contribution in [0.15, 0.2) is 41.2 Å². The first kappa shape index (κ1) is 21.5. The van der Waals surface area contributed by atoms with E-state index in [1.165, 1.54) is 23.2 Å². The van der Waals surface area contributed by atoms with E-state index in [1.54, 1.807) is 0 Å². The minimum Gasteiger partial charge on any atom is -0.480 e. The van der Waals surface area contributed by atoms with Gasteiger partial charge in [0.15, 0.2) is 0 Å². The number of aromatic nitrogens is 2. The van der Waals surface area contributed by atoms with E-state index in [2.05, 4.69) is 28.8 Å². The third-order valence-electron chi connectivity index (χ3n) is 8.45. The average Bonchev–Trinajstić information content (AvgIpc) is 3.08. The monoisotopic (exact) mass is 457 g/mol. The van der Waals surface area contributed by atoms with Crippen LogP contribution in [0.25, 0.3) is 16.6 Å². The highest BCUT2D eigenvalue weighted by Crippen LogP contribution is 2.52. The summed E-state index contributed by atoms with van der Waals surface area (Å²) in [5, 5.41) is 9.84. The number of aryl methyl sites for hydroxylation is 1. The Labute approximate surface area is 199 Å². The molecule has 6 heteroatoms. The molecule has 0 radical (unpaired) electrons. The van der Waals surface area contributed by atoms with E-state index in [-0.39, 0.29) is 17.5 Å². The molecule has 6 rings (SSSR count). The summed E-state index contributed by atoms with van der Waals surface area (Å²) in [5.41, 5.74) is 5.49. The minimum absolute atomic E-state index is 0.108. The first-order chi connectivity index (χ1) is 16.5. The topological polar surface area (TPSA) is 75.4 Å². The normalized spacial score (nSPS) is 19.9. The number of piperidine rings is 1. The van der Waals surface area contributed by atoms with Gasteiger partial charge in [0.25, 0.3) is 5.56 Å². The zero-order valence-electron chi connectivity index (χ0n) is 19.7. The Kier molecular flexibility index (Phi) is 5.10. The van der Waals surface area contributed by atoms with Crippen LogP contribution in [0.2, 0.25) is 0 Å². The van der Waals surface area contributed by atoms with Gasteiger partial charge in [0.2, 0.25) is 0 Å². The lowest BCUT2D eigenvalue weighted by atomic mass is 9.69. The van der Waals surface area contributed by atoms with Crippen molar-refractivity contribution >= 4 is 16.9 Å². The quantitative estimate of drug-likeness (QED) is 0.626. The van der Waals surface area contributed by atoms with Gasteiger partial charge in [-0.15, -0.1) is 0 Å². The molecular formula is C28H31N3O3. The van der Waals surface area contributed by atoms with Crippen molar-refractivity contribution in [1.82, 2.24) is 14.5 Å². The molecule has 1 N–H and O–H groups in total. The van der Waals surface area contributed by atoms with Gasteiger partial charge in [0.1, 0.15) is 5.82 Å². The summed E-state index contributed by atoms with van der Waals surface area (Å²) >= 11 is 0. The maximum absolute atomic E-state index is 13.2. The van der Waals surface area contributed by atoms with E-state index in [1.807, 2.05) is 24.0 Å². The van der Waals surface area contributed by atoms with Crippen molar-refractivity contribution in [2.75, 3.05) is 19.6 Å². The number of carboxylic acids is 1. The molecule has 0 amide bonds. The fourth-order valence-corrected chi connectivity index (χ4v) is 6.77. The van der Waals surface area contributed by atoms with Crippen LogP contribution in [-0.2, 0) is 10.2 Å². The molecule has 3 aliphatic rings. The van der Waals surface area contributed by atoms with Gasteiger partial charge in [-0.05, 0) is 80.4 Å². The molecule has 2 aliphatic heterocycles. The number of fused-ring (bicyclic) bond motifs is 7. The lowest BCUT2D eigenvalue weighted by molar-refractivity contribution is -0.138. The van der Waals surface area contributed by atoms with Gasteiger partial charge in [-0.1, -0.05) is 43.5 Å². The van der Waals surface area contributed by atoms with Crippen LogP contribution in [0.1, 0.15) is 73.4 Å². The number of rotatable bonds is 3. The van der Waals surface area contributed by atoms with Crippen molar-refractivity contribution in [2.45, 2.75) is 63.2 Å². The molecule has 2 fully saturated rings. The van der Waals surface area contributed by atoms with Crippen molar-refractivity contribution in [3.05, 3.63) is 69.3 Å². The minimum atomic E-state index is -0.752. The molecule has 1 saturated carbocycles. The van der Waals surface area contributed by atoms with Crippen LogP contribution < -0.4 is 5.56 Å². The molecule has 0 bridgehead atoms. The maximum atomic E-state index is 13.2. The van der Waals surface area contributed by atoms with Gasteiger partial charge in [-0.25, -0.2) is 0 Å². The summed E-state index contributed by atoms with van der Waals surface area (Å²) in [6, 6.07) is 13.0. The highest BCUT2D eigenvalue weighted by atomic mass is 16.4. The van der Waals surface area contributed by atoms with Crippen LogP contribution in [0, 0.1) is 6.92 Å². The highest BCUT2D eigenvalue weighted by Gasteiger charge is 2.46. The molecule has 1 spiro atoms. The first-order valence-corrected chi connectivity index (χ1v) is 12.6. The summed E-state index contributed by atoms with van der Waals surface area (Å²) in [5.74, 6) is 0.614. The van der Waals surface area contributed by atoms with Gasteiger partial charge in [-0.3, -0.25) is 19.1 Å². The Bertz CT molecular complexity index is 1340. The summed E-state index contributed by atoms with van der Waals surface area (Å²) in [6.45, 7) is 3.75. The van der Waals surface area contributed by atoms with E-state index in [0.717, 1.165) is 73.9 Å². The second-order valence-corrected chi connectivity index (χ2v) is 10.4. The lowest BCUT2D eigenvalue weighted by Gasteiger charge is -2.35. The van der Waals surface area contributed by atoms with Crippen molar-refractivity contribution in [1.29, 1.82) is 0 Å². The largest absolute Gasteiger partial charge is 0.480 e. The van der Waals surface area contributed by atoms with Gasteiger partial charge >= 0.3 is 5.97 Å². The standard InChI is InChI=1S/C28H31N3O3/c1-18-6-5-7-23-25(18)26(34)29-27-28(12-3-2-4-13-28)21-16-20(8-9-22(21)31(23)27)19-10-14-30(15-11-19)17-24(32)33/h5-9,16,19H,2-4,10-15,17H2,1H3,(H,32,33). The number of aliphatic carboxylic acids is 1. The van der Waals surface area contributed by atoms with Gasteiger partial charge < -0.3 is 5.11 Å². The molecule has 2 aromatic carbocycles. The van der Waals surface area contributed by atoms with E-state index in [0.29, 0.717) is 5.92 Å². The van der Waals surface area contributed by atoms with E-state index < -0.39 is 5.97 Å². The second kappa shape index (κ2) is 8.05. The summed E-state index contributed by atoms with van der Waals surface area (Å²) < 4.78 is 2.27. The third-order valence-corrected chi connectivity index (χ3v) is 8.45. The van der Waals surface area contributed by atoms with Gasteiger partial charge in [0.05, 0.1) is 28.6 Å². The molecule has 1 saturated heterocycles. The SMILES string of the molecule is Cc1cccc2c1c(=O)nc1n2-c2ccc(C3CCN(CC(=O)O)CC3)cc2C12CCCCC2.